The molecule has 2 aromatic rings. The zero-order valence-corrected chi connectivity index (χ0v) is 13.3. The molecule has 3 N–H and O–H groups in total. The molecule has 0 radical (unpaired) electrons. The highest BCUT2D eigenvalue weighted by molar-refractivity contribution is 7.80. The fourth-order valence-corrected chi connectivity index (χ4v) is 2.45. The quantitative estimate of drug-likeness (QED) is 0.617. The van der Waals surface area contributed by atoms with Crippen molar-refractivity contribution < 1.29 is 9.90 Å². The molecular formula is C17H20N2O2S. The maximum atomic E-state index is 12.2. The molecule has 0 aliphatic heterocycles. The van der Waals surface area contributed by atoms with Crippen LogP contribution in [0.2, 0.25) is 0 Å². The van der Waals surface area contributed by atoms with Crippen LogP contribution in [0.1, 0.15) is 5.56 Å². The smallest absolute Gasteiger partial charge is 0.254 e. The Labute approximate surface area is 136 Å². The lowest BCUT2D eigenvalue weighted by Gasteiger charge is -2.22. The van der Waals surface area contributed by atoms with Crippen LogP contribution in [0.15, 0.2) is 59.5 Å². The zero-order chi connectivity index (χ0) is 15.9. The highest BCUT2D eigenvalue weighted by atomic mass is 32.1. The maximum Gasteiger partial charge on any atom is 0.254 e. The van der Waals surface area contributed by atoms with Gasteiger partial charge >= 0.3 is 0 Å². The van der Waals surface area contributed by atoms with Crippen LogP contribution in [0.5, 0.6) is 0 Å². The van der Waals surface area contributed by atoms with Gasteiger partial charge in [-0.05, 0) is 37.2 Å². The molecule has 0 aromatic heterocycles. The Hall–Kier alpha value is -1.82. The average molecular weight is 316 g/mol. The van der Waals surface area contributed by atoms with Gasteiger partial charge in [0.2, 0.25) is 0 Å². The predicted molar refractivity (Wildman–Crippen MR) is 91.3 cm³/mol. The summed E-state index contributed by atoms with van der Waals surface area (Å²) in [5.41, 5.74) is 1.68. The molecule has 4 nitrogen and oxygen atoms in total. The molecule has 0 aliphatic rings. The van der Waals surface area contributed by atoms with Crippen LogP contribution in [-0.4, -0.2) is 30.2 Å². The first-order valence-corrected chi connectivity index (χ1v) is 7.54. The van der Waals surface area contributed by atoms with E-state index < -0.39 is 12.0 Å². The molecule has 0 bridgehead atoms. The van der Waals surface area contributed by atoms with Gasteiger partial charge in [-0.25, -0.2) is 0 Å². The number of rotatable bonds is 6. The van der Waals surface area contributed by atoms with Gasteiger partial charge in [0.15, 0.2) is 0 Å². The van der Waals surface area contributed by atoms with Gasteiger partial charge in [0.05, 0.1) is 0 Å². The second-order valence-corrected chi connectivity index (χ2v) is 5.59. The number of carbonyl (C=O) groups excluding carboxylic acids is 1. The van der Waals surface area contributed by atoms with Crippen molar-refractivity contribution in [3.8, 4) is 0 Å². The monoisotopic (exact) mass is 316 g/mol. The molecule has 22 heavy (non-hydrogen) atoms. The van der Waals surface area contributed by atoms with Gasteiger partial charge < -0.3 is 15.7 Å². The number of benzene rings is 2. The normalized spacial score (nSPS) is 13.4. The van der Waals surface area contributed by atoms with Crippen molar-refractivity contribution in [1.29, 1.82) is 0 Å². The number of amides is 1. The Morgan fingerprint density at radius 3 is 2.55 bits per heavy atom. The van der Waals surface area contributed by atoms with Gasteiger partial charge in [-0.2, -0.15) is 0 Å². The summed E-state index contributed by atoms with van der Waals surface area (Å²) < 4.78 is 0. The van der Waals surface area contributed by atoms with Crippen LogP contribution in [0.25, 0.3) is 0 Å². The first-order chi connectivity index (χ1) is 10.6. The zero-order valence-electron chi connectivity index (χ0n) is 12.4. The molecule has 2 rings (SSSR count). The van der Waals surface area contributed by atoms with Crippen molar-refractivity contribution in [3.63, 3.8) is 0 Å². The third kappa shape index (κ3) is 4.59. The van der Waals surface area contributed by atoms with Gasteiger partial charge in [-0.15, -0.1) is 12.6 Å². The Bertz CT molecular complexity index is 619. The molecule has 0 saturated heterocycles. The van der Waals surface area contributed by atoms with Gasteiger partial charge in [0.1, 0.15) is 6.10 Å². The Balaban J connectivity index is 2.01. The van der Waals surface area contributed by atoms with E-state index in [2.05, 4.69) is 23.3 Å². The van der Waals surface area contributed by atoms with Crippen LogP contribution in [0, 0.1) is 0 Å². The van der Waals surface area contributed by atoms with E-state index in [9.17, 15) is 9.90 Å². The Morgan fingerprint density at radius 1 is 1.18 bits per heavy atom. The van der Waals surface area contributed by atoms with E-state index >= 15 is 0 Å². The summed E-state index contributed by atoms with van der Waals surface area (Å²) >= 11 is 4.23. The summed E-state index contributed by atoms with van der Waals surface area (Å²) in [6, 6.07) is 16.5. The largest absolute Gasteiger partial charge is 0.382 e. The van der Waals surface area contributed by atoms with Gasteiger partial charge in [0.25, 0.3) is 5.91 Å². The summed E-state index contributed by atoms with van der Waals surface area (Å²) in [7, 11) is 1.73. The van der Waals surface area contributed by atoms with E-state index in [1.807, 2.05) is 36.4 Å². The van der Waals surface area contributed by atoms with Crippen LogP contribution in [0.3, 0.4) is 0 Å². The summed E-state index contributed by atoms with van der Waals surface area (Å²) in [6.45, 7) is 0. The number of aliphatic hydroxyl groups is 1. The third-order valence-corrected chi connectivity index (χ3v) is 3.71. The number of thiol groups is 1. The number of anilines is 1. The highest BCUT2D eigenvalue weighted by Crippen LogP contribution is 2.14. The highest BCUT2D eigenvalue weighted by Gasteiger charge is 2.25. The molecule has 2 aromatic carbocycles. The number of carbonyl (C=O) groups is 1. The number of nitrogens with one attached hydrogen (secondary N) is 2. The molecule has 5 heteroatoms. The van der Waals surface area contributed by atoms with E-state index in [0.29, 0.717) is 12.1 Å². The molecule has 0 heterocycles. The minimum atomic E-state index is -1.14. The number of likely N-dealkylation sites (N-methyl/N-ethyl adjacent to an activating group) is 1. The number of hydrogen-bond acceptors (Lipinski definition) is 4. The molecule has 0 saturated carbocycles. The van der Waals surface area contributed by atoms with Crippen LogP contribution < -0.4 is 10.6 Å². The first-order valence-electron chi connectivity index (χ1n) is 7.09. The number of aliphatic hydroxyl groups excluding tert-OH is 1. The van der Waals surface area contributed by atoms with Crippen molar-refractivity contribution in [3.05, 3.63) is 60.2 Å². The molecule has 0 spiro atoms. The summed E-state index contributed by atoms with van der Waals surface area (Å²) in [4.78, 5) is 12.9. The SMILES string of the molecule is CNC(Cc1ccccc1)C(O)C(=O)Nc1cccc(S)c1. The first kappa shape index (κ1) is 16.5. The molecular weight excluding hydrogens is 296 g/mol. The second-order valence-electron chi connectivity index (χ2n) is 5.07. The lowest BCUT2D eigenvalue weighted by atomic mass is 10.0. The number of hydrogen-bond donors (Lipinski definition) is 4. The average Bonchev–Trinajstić information content (AvgIpc) is 2.53. The van der Waals surface area contributed by atoms with E-state index in [1.165, 1.54) is 0 Å². The van der Waals surface area contributed by atoms with Gasteiger partial charge in [-0.3, -0.25) is 4.79 Å². The van der Waals surface area contributed by atoms with E-state index in [-0.39, 0.29) is 6.04 Å². The minimum absolute atomic E-state index is 0.360. The molecule has 1 amide bonds. The standard InChI is InChI=1S/C17H20N2O2S/c1-18-15(10-12-6-3-2-4-7-12)16(20)17(21)19-13-8-5-9-14(22)11-13/h2-9,11,15-16,18,20,22H,10H2,1H3,(H,19,21). The summed E-state index contributed by atoms with van der Waals surface area (Å²) in [5.74, 6) is -0.436. The van der Waals surface area contributed by atoms with E-state index in [4.69, 9.17) is 0 Å². The molecule has 2 atom stereocenters. The summed E-state index contributed by atoms with van der Waals surface area (Å²) in [6.07, 6.45) is -0.577. The molecule has 0 fully saturated rings. The Morgan fingerprint density at radius 2 is 1.91 bits per heavy atom. The van der Waals surface area contributed by atoms with Crippen molar-refractivity contribution in [2.24, 2.45) is 0 Å². The van der Waals surface area contributed by atoms with E-state index in [0.717, 1.165) is 10.5 Å². The fourth-order valence-electron chi connectivity index (χ4n) is 2.22. The summed E-state index contributed by atoms with van der Waals surface area (Å²) in [5, 5.41) is 16.0. The minimum Gasteiger partial charge on any atom is -0.382 e. The third-order valence-electron chi connectivity index (χ3n) is 3.43. The predicted octanol–water partition coefficient (Wildman–Crippen LogP) is 2.11. The topological polar surface area (TPSA) is 61.4 Å². The lowest BCUT2D eigenvalue weighted by molar-refractivity contribution is -0.125. The lowest BCUT2D eigenvalue weighted by Crippen LogP contribution is -2.46. The second kappa shape index (κ2) is 7.98. The van der Waals surface area contributed by atoms with Gasteiger partial charge in [-0.1, -0.05) is 36.4 Å². The Kier molecular flexibility index (Phi) is 6.00. The maximum absolute atomic E-state index is 12.2. The molecule has 0 aliphatic carbocycles. The van der Waals surface area contributed by atoms with Crippen molar-refractivity contribution >= 4 is 24.2 Å². The van der Waals surface area contributed by atoms with Crippen LogP contribution >= 0.6 is 12.6 Å². The molecule has 116 valence electrons. The van der Waals surface area contributed by atoms with Gasteiger partial charge in [0, 0.05) is 16.6 Å². The van der Waals surface area contributed by atoms with Crippen molar-refractivity contribution in [2.45, 2.75) is 23.5 Å². The van der Waals surface area contributed by atoms with Crippen LogP contribution in [-0.2, 0) is 11.2 Å². The van der Waals surface area contributed by atoms with Crippen molar-refractivity contribution in [2.75, 3.05) is 12.4 Å². The molecule has 2 unspecified atom stereocenters. The van der Waals surface area contributed by atoms with E-state index in [1.54, 1.807) is 25.2 Å². The fraction of sp³-hybridized carbons (Fsp3) is 0.235. The van der Waals surface area contributed by atoms with Crippen molar-refractivity contribution in [1.82, 2.24) is 5.32 Å². The van der Waals surface area contributed by atoms with Crippen LogP contribution in [0.4, 0.5) is 5.69 Å².